The molecule has 0 atom stereocenters. The second-order valence-corrected chi connectivity index (χ2v) is 1.97. The SMILES string of the molecule is C=O.CCO.Cc1ccccc1. The van der Waals surface area contributed by atoms with Gasteiger partial charge < -0.3 is 9.90 Å². The lowest BCUT2D eigenvalue weighted by Gasteiger charge is -1.82. The van der Waals surface area contributed by atoms with E-state index in [2.05, 4.69) is 19.1 Å². The van der Waals surface area contributed by atoms with E-state index in [1.165, 1.54) is 5.56 Å². The summed E-state index contributed by atoms with van der Waals surface area (Å²) in [5.74, 6) is 0. The molecule has 0 saturated carbocycles. The van der Waals surface area contributed by atoms with Gasteiger partial charge in [0.25, 0.3) is 0 Å². The van der Waals surface area contributed by atoms with Crippen LogP contribution in [-0.2, 0) is 4.79 Å². The first-order valence-electron chi connectivity index (χ1n) is 3.72. The maximum Gasteiger partial charge on any atom is 0.106 e. The molecule has 0 heterocycles. The minimum atomic E-state index is 0.250. The quantitative estimate of drug-likeness (QED) is 0.641. The third-order valence-corrected chi connectivity index (χ3v) is 0.940. The summed E-state index contributed by atoms with van der Waals surface area (Å²) in [6, 6.07) is 10.3. The molecule has 0 spiro atoms. The number of aliphatic hydroxyl groups is 1. The Morgan fingerprint density at radius 1 is 1.25 bits per heavy atom. The molecular formula is C10H16O2. The predicted octanol–water partition coefficient (Wildman–Crippen LogP) is 1.81. The summed E-state index contributed by atoms with van der Waals surface area (Å²) in [4.78, 5) is 8.00. The molecule has 0 amide bonds. The summed E-state index contributed by atoms with van der Waals surface area (Å²) >= 11 is 0. The zero-order valence-corrected chi connectivity index (χ0v) is 7.66. The van der Waals surface area contributed by atoms with Crippen LogP contribution in [0.25, 0.3) is 0 Å². The van der Waals surface area contributed by atoms with Crippen molar-refractivity contribution < 1.29 is 9.90 Å². The molecule has 2 heteroatoms. The average Bonchev–Trinajstić information content (AvgIpc) is 2.11. The first-order valence-corrected chi connectivity index (χ1v) is 3.72. The fourth-order valence-electron chi connectivity index (χ4n) is 0.534. The molecule has 0 aliphatic carbocycles. The fourth-order valence-corrected chi connectivity index (χ4v) is 0.534. The smallest absolute Gasteiger partial charge is 0.106 e. The Bertz CT molecular complexity index is 161. The molecule has 0 fully saturated rings. The topological polar surface area (TPSA) is 37.3 Å². The third kappa shape index (κ3) is 11.6. The molecule has 1 aromatic carbocycles. The van der Waals surface area contributed by atoms with Crippen molar-refractivity contribution in [3.8, 4) is 0 Å². The van der Waals surface area contributed by atoms with E-state index in [0.29, 0.717) is 0 Å². The van der Waals surface area contributed by atoms with Crippen LogP contribution in [0.4, 0.5) is 0 Å². The molecule has 0 unspecified atom stereocenters. The Balaban J connectivity index is 0. The van der Waals surface area contributed by atoms with Gasteiger partial charge in [-0.3, -0.25) is 0 Å². The van der Waals surface area contributed by atoms with Gasteiger partial charge in [-0.15, -0.1) is 0 Å². The summed E-state index contributed by atoms with van der Waals surface area (Å²) in [6.07, 6.45) is 0. The molecule has 0 aliphatic rings. The zero-order valence-electron chi connectivity index (χ0n) is 7.66. The van der Waals surface area contributed by atoms with E-state index in [0.717, 1.165) is 0 Å². The van der Waals surface area contributed by atoms with Crippen molar-refractivity contribution >= 4 is 6.79 Å². The maximum absolute atomic E-state index is 8.00. The van der Waals surface area contributed by atoms with Crippen LogP contribution in [-0.4, -0.2) is 18.5 Å². The highest BCUT2D eigenvalue weighted by Gasteiger charge is 1.72. The van der Waals surface area contributed by atoms with E-state index in [9.17, 15) is 0 Å². The molecule has 1 rings (SSSR count). The van der Waals surface area contributed by atoms with Crippen molar-refractivity contribution in [1.82, 2.24) is 0 Å². The standard InChI is InChI=1S/C7H8.C2H6O.CH2O/c1-7-5-3-2-4-6-7;1-2-3;1-2/h2-6H,1H3;3H,2H2,1H3;1H2. The van der Waals surface area contributed by atoms with E-state index in [-0.39, 0.29) is 6.61 Å². The van der Waals surface area contributed by atoms with Gasteiger partial charge in [-0.05, 0) is 13.8 Å². The molecule has 68 valence electrons. The summed E-state index contributed by atoms with van der Waals surface area (Å²) in [7, 11) is 0. The third-order valence-electron chi connectivity index (χ3n) is 0.940. The van der Waals surface area contributed by atoms with Crippen LogP contribution in [0.1, 0.15) is 12.5 Å². The van der Waals surface area contributed by atoms with Crippen LogP contribution < -0.4 is 0 Å². The van der Waals surface area contributed by atoms with Gasteiger partial charge in [0.15, 0.2) is 0 Å². The number of hydrogen-bond acceptors (Lipinski definition) is 2. The minimum absolute atomic E-state index is 0.250. The average molecular weight is 168 g/mol. The predicted molar refractivity (Wildman–Crippen MR) is 51.1 cm³/mol. The van der Waals surface area contributed by atoms with Gasteiger partial charge >= 0.3 is 0 Å². The number of rotatable bonds is 0. The molecule has 1 aromatic rings. The van der Waals surface area contributed by atoms with Crippen LogP contribution in [0, 0.1) is 6.92 Å². The molecule has 0 aliphatic heterocycles. The van der Waals surface area contributed by atoms with Gasteiger partial charge in [-0.1, -0.05) is 35.9 Å². The van der Waals surface area contributed by atoms with Gasteiger partial charge in [0.1, 0.15) is 6.79 Å². The maximum atomic E-state index is 8.00. The number of carbonyl (C=O) groups is 1. The molecular weight excluding hydrogens is 152 g/mol. The molecule has 0 aromatic heterocycles. The first kappa shape index (κ1) is 13.4. The van der Waals surface area contributed by atoms with Crippen molar-refractivity contribution in [2.75, 3.05) is 6.61 Å². The van der Waals surface area contributed by atoms with Gasteiger partial charge in [0.2, 0.25) is 0 Å². The summed E-state index contributed by atoms with van der Waals surface area (Å²) in [5, 5.41) is 7.57. The Morgan fingerprint density at radius 3 is 1.75 bits per heavy atom. The van der Waals surface area contributed by atoms with Crippen molar-refractivity contribution in [3.05, 3.63) is 35.9 Å². The molecule has 0 radical (unpaired) electrons. The van der Waals surface area contributed by atoms with E-state index >= 15 is 0 Å². The van der Waals surface area contributed by atoms with Crippen LogP contribution >= 0.6 is 0 Å². The number of carbonyl (C=O) groups excluding carboxylic acids is 1. The number of aliphatic hydroxyl groups excluding tert-OH is 1. The van der Waals surface area contributed by atoms with E-state index < -0.39 is 0 Å². The van der Waals surface area contributed by atoms with Crippen molar-refractivity contribution in [3.63, 3.8) is 0 Å². The van der Waals surface area contributed by atoms with E-state index in [1.54, 1.807) is 6.92 Å². The second kappa shape index (κ2) is 12.5. The van der Waals surface area contributed by atoms with Crippen LogP contribution in [0.15, 0.2) is 30.3 Å². The van der Waals surface area contributed by atoms with Crippen molar-refractivity contribution in [2.45, 2.75) is 13.8 Å². The minimum Gasteiger partial charge on any atom is -0.397 e. The van der Waals surface area contributed by atoms with Gasteiger partial charge in [-0.2, -0.15) is 0 Å². The fraction of sp³-hybridized carbons (Fsp3) is 0.300. The highest BCUT2D eigenvalue weighted by molar-refractivity contribution is 5.11. The Kier molecular flexibility index (Phi) is 14.0. The van der Waals surface area contributed by atoms with Crippen LogP contribution in [0.3, 0.4) is 0 Å². The molecule has 12 heavy (non-hydrogen) atoms. The van der Waals surface area contributed by atoms with E-state index in [4.69, 9.17) is 9.90 Å². The molecule has 0 saturated heterocycles. The number of hydrogen-bond donors (Lipinski definition) is 1. The number of benzene rings is 1. The molecule has 1 N–H and O–H groups in total. The van der Waals surface area contributed by atoms with Gasteiger partial charge in [0.05, 0.1) is 0 Å². The summed E-state index contributed by atoms with van der Waals surface area (Å²) in [6.45, 7) is 6.01. The monoisotopic (exact) mass is 168 g/mol. The molecule has 0 bridgehead atoms. The number of aryl methyl sites for hydroxylation is 1. The normalized spacial score (nSPS) is 6.92. The summed E-state index contributed by atoms with van der Waals surface area (Å²) in [5.41, 5.74) is 1.32. The van der Waals surface area contributed by atoms with Crippen LogP contribution in [0.5, 0.6) is 0 Å². The highest BCUT2D eigenvalue weighted by atomic mass is 16.2. The van der Waals surface area contributed by atoms with Crippen molar-refractivity contribution in [2.24, 2.45) is 0 Å². The second-order valence-electron chi connectivity index (χ2n) is 1.97. The lowest BCUT2D eigenvalue weighted by molar-refractivity contribution is -0.0979. The summed E-state index contributed by atoms with van der Waals surface area (Å²) < 4.78 is 0. The van der Waals surface area contributed by atoms with Gasteiger partial charge in [0, 0.05) is 6.61 Å². The lowest BCUT2D eigenvalue weighted by Crippen LogP contribution is -1.62. The van der Waals surface area contributed by atoms with Crippen molar-refractivity contribution in [1.29, 1.82) is 0 Å². The Hall–Kier alpha value is -1.15. The lowest BCUT2D eigenvalue weighted by atomic mass is 10.2. The van der Waals surface area contributed by atoms with E-state index in [1.807, 2.05) is 25.0 Å². The highest BCUT2D eigenvalue weighted by Crippen LogP contribution is 1.92. The van der Waals surface area contributed by atoms with Gasteiger partial charge in [-0.25, -0.2) is 0 Å². The zero-order chi connectivity index (χ0) is 9.82. The molecule has 2 nitrogen and oxygen atoms in total. The van der Waals surface area contributed by atoms with Crippen LogP contribution in [0.2, 0.25) is 0 Å². The Morgan fingerprint density at radius 2 is 1.58 bits per heavy atom. The first-order chi connectivity index (χ1) is 5.81. The largest absolute Gasteiger partial charge is 0.397 e. The Labute approximate surface area is 73.9 Å².